The van der Waals surface area contributed by atoms with Crippen LogP contribution in [0.3, 0.4) is 0 Å². The highest BCUT2D eigenvalue weighted by atomic mass is 16.2. The molecule has 0 saturated carbocycles. The van der Waals surface area contributed by atoms with Gasteiger partial charge in [-0.3, -0.25) is 9.69 Å². The zero-order chi connectivity index (χ0) is 15.9. The number of rotatable bonds is 8. The first-order valence-electron chi connectivity index (χ1n) is 7.80. The molecule has 0 aliphatic heterocycles. The number of nitrogens with one attached hydrogen (secondary N) is 1. The number of hydrogen-bond acceptors (Lipinski definition) is 3. The van der Waals surface area contributed by atoms with Crippen molar-refractivity contribution >= 4 is 5.91 Å². The number of carbonyl (C=O) groups is 1. The molecule has 1 unspecified atom stereocenters. The van der Waals surface area contributed by atoms with E-state index in [1.165, 1.54) is 5.56 Å². The number of nitrogens with zero attached hydrogens (tertiary/aromatic N) is 1. The fourth-order valence-corrected chi connectivity index (χ4v) is 2.01. The van der Waals surface area contributed by atoms with E-state index in [1.54, 1.807) is 6.92 Å². The smallest absolute Gasteiger partial charge is 0.240 e. The highest BCUT2D eigenvalue weighted by Gasteiger charge is 2.25. The first-order valence-corrected chi connectivity index (χ1v) is 7.80. The molecule has 3 N–H and O–H groups in total. The molecule has 1 amide bonds. The van der Waals surface area contributed by atoms with Crippen LogP contribution in [0.15, 0.2) is 24.3 Å². The van der Waals surface area contributed by atoms with Crippen LogP contribution in [0.2, 0.25) is 0 Å². The van der Waals surface area contributed by atoms with E-state index in [0.29, 0.717) is 13.0 Å². The van der Waals surface area contributed by atoms with Crippen molar-refractivity contribution in [3.05, 3.63) is 35.4 Å². The summed E-state index contributed by atoms with van der Waals surface area (Å²) in [6.07, 6.45) is 0.627. The number of nitrogens with two attached hydrogens (primary N) is 1. The molecule has 0 spiro atoms. The van der Waals surface area contributed by atoms with Gasteiger partial charge in [0.2, 0.25) is 5.91 Å². The molecule has 0 heterocycles. The lowest BCUT2D eigenvalue weighted by Crippen LogP contribution is -2.50. The molecule has 0 saturated heterocycles. The molecule has 118 valence electrons. The normalized spacial score (nSPS) is 14.0. The molecule has 21 heavy (non-hydrogen) atoms. The summed E-state index contributed by atoms with van der Waals surface area (Å²) in [5.74, 6) is -0.0998. The zero-order valence-electron chi connectivity index (χ0n) is 13.8. The van der Waals surface area contributed by atoms with Gasteiger partial charge in [0.1, 0.15) is 0 Å². The van der Waals surface area contributed by atoms with Crippen molar-refractivity contribution in [2.24, 2.45) is 5.73 Å². The number of carbonyl (C=O) groups excluding carboxylic acids is 1. The third kappa shape index (κ3) is 5.48. The van der Waals surface area contributed by atoms with E-state index in [1.807, 2.05) is 6.92 Å². The topological polar surface area (TPSA) is 58.4 Å². The summed E-state index contributed by atoms with van der Waals surface area (Å²) < 4.78 is 0. The summed E-state index contributed by atoms with van der Waals surface area (Å²) in [7, 11) is 0. The molecule has 0 aromatic heterocycles. The Kier molecular flexibility index (Phi) is 6.85. The first kappa shape index (κ1) is 17.7. The highest BCUT2D eigenvalue weighted by molar-refractivity contribution is 5.85. The summed E-state index contributed by atoms with van der Waals surface area (Å²) >= 11 is 0. The van der Waals surface area contributed by atoms with Crippen molar-refractivity contribution in [3.8, 4) is 0 Å². The van der Waals surface area contributed by atoms with Gasteiger partial charge in [-0.1, -0.05) is 45.0 Å². The molecule has 0 fully saturated rings. The third-order valence-electron chi connectivity index (χ3n) is 4.03. The van der Waals surface area contributed by atoms with Crippen LogP contribution in [0, 0.1) is 0 Å². The van der Waals surface area contributed by atoms with Gasteiger partial charge < -0.3 is 11.1 Å². The summed E-state index contributed by atoms with van der Waals surface area (Å²) in [5.41, 5.74) is 7.52. The van der Waals surface area contributed by atoms with Crippen LogP contribution in [0.1, 0.15) is 45.2 Å². The van der Waals surface area contributed by atoms with E-state index in [2.05, 4.69) is 48.3 Å². The van der Waals surface area contributed by atoms with Gasteiger partial charge in [0.25, 0.3) is 0 Å². The Hall–Kier alpha value is -1.39. The lowest BCUT2D eigenvalue weighted by atomic mass is 9.99. The van der Waals surface area contributed by atoms with Gasteiger partial charge in [0, 0.05) is 13.1 Å². The molecule has 0 aliphatic rings. The maximum atomic E-state index is 11.9. The lowest BCUT2D eigenvalue weighted by molar-refractivity contribution is -0.126. The van der Waals surface area contributed by atoms with Gasteiger partial charge >= 0.3 is 0 Å². The highest BCUT2D eigenvalue weighted by Crippen LogP contribution is 2.09. The van der Waals surface area contributed by atoms with Crippen molar-refractivity contribution in [3.63, 3.8) is 0 Å². The predicted octanol–water partition coefficient (Wildman–Crippen LogP) is 2.27. The summed E-state index contributed by atoms with van der Waals surface area (Å²) in [6, 6.07) is 8.39. The second kappa shape index (κ2) is 8.15. The van der Waals surface area contributed by atoms with Gasteiger partial charge in [0.15, 0.2) is 0 Å². The van der Waals surface area contributed by atoms with E-state index in [0.717, 1.165) is 25.2 Å². The summed E-state index contributed by atoms with van der Waals surface area (Å²) in [5, 5.41) is 2.90. The number of benzene rings is 1. The quantitative estimate of drug-likeness (QED) is 0.772. The minimum absolute atomic E-state index is 0.0998. The van der Waals surface area contributed by atoms with Crippen molar-refractivity contribution in [2.75, 3.05) is 13.1 Å². The van der Waals surface area contributed by atoms with Gasteiger partial charge in [-0.25, -0.2) is 0 Å². The van der Waals surface area contributed by atoms with Gasteiger partial charge in [0.05, 0.1) is 5.54 Å². The van der Waals surface area contributed by atoms with Crippen LogP contribution < -0.4 is 11.1 Å². The Balaban J connectivity index is 2.53. The van der Waals surface area contributed by atoms with E-state index in [-0.39, 0.29) is 5.91 Å². The van der Waals surface area contributed by atoms with Crippen LogP contribution in [0.5, 0.6) is 0 Å². The predicted molar refractivity (Wildman–Crippen MR) is 87.8 cm³/mol. The fourth-order valence-electron chi connectivity index (χ4n) is 2.01. The zero-order valence-corrected chi connectivity index (χ0v) is 13.8. The van der Waals surface area contributed by atoms with Crippen LogP contribution in [-0.4, -0.2) is 29.4 Å². The molecule has 1 aromatic carbocycles. The van der Waals surface area contributed by atoms with Crippen molar-refractivity contribution in [1.29, 1.82) is 0 Å². The van der Waals surface area contributed by atoms with Gasteiger partial charge in [-0.15, -0.1) is 0 Å². The molecular weight excluding hydrogens is 262 g/mol. The molecule has 0 bridgehead atoms. The molecule has 1 aromatic rings. The minimum Gasteiger partial charge on any atom is -0.350 e. The Morgan fingerprint density at radius 2 is 1.67 bits per heavy atom. The van der Waals surface area contributed by atoms with Crippen molar-refractivity contribution in [1.82, 2.24) is 10.2 Å². The summed E-state index contributed by atoms with van der Waals surface area (Å²) in [6.45, 7) is 11.6. The largest absolute Gasteiger partial charge is 0.350 e. The Morgan fingerprint density at radius 3 is 2.14 bits per heavy atom. The van der Waals surface area contributed by atoms with Crippen molar-refractivity contribution < 1.29 is 4.79 Å². The number of amides is 1. The monoisotopic (exact) mass is 291 g/mol. The van der Waals surface area contributed by atoms with Crippen LogP contribution in [0.25, 0.3) is 0 Å². The molecule has 1 rings (SSSR count). The Labute approximate surface area is 128 Å². The molecule has 1 atom stereocenters. The first-order chi connectivity index (χ1) is 9.92. The Bertz CT molecular complexity index is 436. The average Bonchev–Trinajstić information content (AvgIpc) is 2.51. The van der Waals surface area contributed by atoms with E-state index >= 15 is 0 Å². The third-order valence-corrected chi connectivity index (χ3v) is 4.03. The fraction of sp³-hybridized carbons (Fsp3) is 0.588. The van der Waals surface area contributed by atoms with E-state index < -0.39 is 5.54 Å². The average molecular weight is 291 g/mol. The minimum atomic E-state index is -0.789. The van der Waals surface area contributed by atoms with Crippen LogP contribution in [0.4, 0.5) is 0 Å². The van der Waals surface area contributed by atoms with Gasteiger partial charge in [-0.2, -0.15) is 0 Å². The summed E-state index contributed by atoms with van der Waals surface area (Å²) in [4.78, 5) is 14.3. The van der Waals surface area contributed by atoms with Crippen LogP contribution >= 0.6 is 0 Å². The molecule has 0 radical (unpaired) electrons. The van der Waals surface area contributed by atoms with E-state index in [9.17, 15) is 4.79 Å². The van der Waals surface area contributed by atoms with Gasteiger partial charge in [-0.05, 0) is 37.6 Å². The van der Waals surface area contributed by atoms with E-state index in [4.69, 9.17) is 5.73 Å². The molecule has 4 heteroatoms. The maximum Gasteiger partial charge on any atom is 0.240 e. The SMILES string of the molecule is CCN(CC)Cc1ccc(CNC(=O)C(C)(N)CC)cc1. The molecule has 4 nitrogen and oxygen atoms in total. The molecular formula is C17H29N3O. The van der Waals surface area contributed by atoms with Crippen molar-refractivity contribution in [2.45, 2.75) is 52.7 Å². The lowest BCUT2D eigenvalue weighted by Gasteiger charge is -2.21. The molecule has 0 aliphatic carbocycles. The number of hydrogen-bond donors (Lipinski definition) is 2. The second-order valence-corrected chi connectivity index (χ2v) is 5.73. The Morgan fingerprint density at radius 1 is 1.14 bits per heavy atom. The second-order valence-electron chi connectivity index (χ2n) is 5.73. The van der Waals surface area contributed by atoms with Crippen LogP contribution in [-0.2, 0) is 17.9 Å². The maximum absolute atomic E-state index is 11.9. The standard InChI is InChI=1S/C17H29N3O/c1-5-17(4,18)16(21)19-12-14-8-10-15(11-9-14)13-20(6-2)7-3/h8-11H,5-7,12-13,18H2,1-4H3,(H,19,21).